The molecule has 3 unspecified atom stereocenters. The maximum Gasteiger partial charge on any atom is 0.414 e. The van der Waals surface area contributed by atoms with Crippen molar-refractivity contribution < 1.29 is 31.3 Å². The van der Waals surface area contributed by atoms with Gasteiger partial charge in [0.15, 0.2) is 6.10 Å². The van der Waals surface area contributed by atoms with Gasteiger partial charge in [0.05, 0.1) is 21.3 Å². The van der Waals surface area contributed by atoms with Crippen molar-refractivity contribution in [2.75, 3.05) is 6.67 Å². The van der Waals surface area contributed by atoms with E-state index in [9.17, 15) is 31.3 Å². The first-order valence-electron chi connectivity index (χ1n) is 7.05. The Kier molecular flexibility index (Phi) is 7.10. The summed E-state index contributed by atoms with van der Waals surface area (Å²) in [5.74, 6) is -1.23. The standard InChI is InChI=1S/C14H18BrF5N2O2S/c1-12(2,3)25(24)22-13(7-16,5-10(23)14(18,19)20)9-4-8(15)6-21-11(9)17/h4,6,10,22-23H,5,7H2,1-3H3. The van der Waals surface area contributed by atoms with Gasteiger partial charge in [-0.15, -0.1) is 0 Å². The number of alkyl halides is 4. The molecule has 11 heteroatoms. The van der Waals surface area contributed by atoms with E-state index in [1.165, 1.54) is 20.8 Å². The first-order valence-corrected chi connectivity index (χ1v) is 8.99. The van der Waals surface area contributed by atoms with Crippen LogP contribution in [0.1, 0.15) is 32.8 Å². The SMILES string of the molecule is CC(C)(C)S(=O)NC(CF)(CC(O)C(F)(F)F)c1cc(Br)cnc1F. The maximum absolute atomic E-state index is 14.1. The molecule has 0 aliphatic rings. The molecule has 1 heterocycles. The van der Waals surface area contributed by atoms with Crippen molar-refractivity contribution in [3.63, 3.8) is 0 Å². The Labute approximate surface area is 152 Å². The summed E-state index contributed by atoms with van der Waals surface area (Å²) in [7, 11) is -2.04. The predicted molar refractivity (Wildman–Crippen MR) is 87.3 cm³/mol. The topological polar surface area (TPSA) is 62.2 Å². The molecular weight excluding hydrogens is 435 g/mol. The van der Waals surface area contributed by atoms with E-state index >= 15 is 0 Å². The lowest BCUT2D eigenvalue weighted by Crippen LogP contribution is -2.53. The smallest absolute Gasteiger partial charge is 0.384 e. The van der Waals surface area contributed by atoms with Crippen molar-refractivity contribution in [2.45, 2.75) is 49.8 Å². The molecule has 1 aromatic rings. The van der Waals surface area contributed by atoms with Crippen molar-refractivity contribution in [3.8, 4) is 0 Å². The van der Waals surface area contributed by atoms with Crippen LogP contribution in [0.5, 0.6) is 0 Å². The summed E-state index contributed by atoms with van der Waals surface area (Å²) in [6.07, 6.45) is -8.24. The average Bonchev–Trinajstić information content (AvgIpc) is 2.46. The third-order valence-corrected chi connectivity index (χ3v) is 5.44. The number of nitrogens with zero attached hydrogens (tertiary/aromatic N) is 1. The van der Waals surface area contributed by atoms with E-state index in [-0.39, 0.29) is 4.47 Å². The highest BCUT2D eigenvalue weighted by atomic mass is 79.9. The van der Waals surface area contributed by atoms with Gasteiger partial charge in [0.2, 0.25) is 5.95 Å². The van der Waals surface area contributed by atoms with Gasteiger partial charge >= 0.3 is 6.18 Å². The summed E-state index contributed by atoms with van der Waals surface area (Å²) in [5, 5.41) is 9.40. The number of aliphatic hydroxyl groups is 1. The first kappa shape index (κ1) is 22.4. The Morgan fingerprint density at radius 2 is 1.92 bits per heavy atom. The predicted octanol–water partition coefficient (Wildman–Crippen LogP) is 3.51. The highest BCUT2D eigenvalue weighted by molar-refractivity contribution is 9.10. The molecule has 1 rings (SSSR count). The van der Waals surface area contributed by atoms with E-state index < -0.39 is 58.2 Å². The Balaban J connectivity index is 3.47. The molecule has 0 radical (unpaired) electrons. The van der Waals surface area contributed by atoms with Crippen LogP contribution < -0.4 is 4.72 Å². The van der Waals surface area contributed by atoms with Crippen LogP contribution in [0.25, 0.3) is 0 Å². The van der Waals surface area contributed by atoms with Crippen LogP contribution in [0.15, 0.2) is 16.7 Å². The second kappa shape index (κ2) is 7.93. The number of halogens is 6. The monoisotopic (exact) mass is 452 g/mol. The number of aromatic nitrogens is 1. The number of rotatable bonds is 6. The Hall–Kier alpha value is -0.650. The zero-order valence-corrected chi connectivity index (χ0v) is 16.0. The summed E-state index contributed by atoms with van der Waals surface area (Å²) in [6, 6.07) is 1.04. The molecule has 0 aliphatic carbocycles. The molecule has 2 N–H and O–H groups in total. The van der Waals surface area contributed by atoms with Crippen molar-refractivity contribution in [3.05, 3.63) is 28.2 Å². The molecular formula is C14H18BrF5N2O2S. The van der Waals surface area contributed by atoms with Crippen molar-refractivity contribution in [2.24, 2.45) is 0 Å². The minimum absolute atomic E-state index is 0.187. The zero-order chi connectivity index (χ0) is 19.6. The lowest BCUT2D eigenvalue weighted by molar-refractivity contribution is -0.210. The van der Waals surface area contributed by atoms with E-state index in [1.54, 1.807) is 0 Å². The van der Waals surface area contributed by atoms with Gasteiger partial charge in [-0.3, -0.25) is 0 Å². The van der Waals surface area contributed by atoms with Crippen molar-refractivity contribution in [1.82, 2.24) is 9.71 Å². The quantitative estimate of drug-likeness (QED) is 0.512. The van der Waals surface area contributed by atoms with Crippen LogP contribution in [-0.4, -0.2) is 38.0 Å². The minimum Gasteiger partial charge on any atom is -0.384 e. The molecule has 25 heavy (non-hydrogen) atoms. The molecule has 0 bridgehead atoms. The van der Waals surface area contributed by atoms with Crippen LogP contribution >= 0.6 is 15.9 Å². The van der Waals surface area contributed by atoms with Gasteiger partial charge in [-0.2, -0.15) is 17.6 Å². The first-order chi connectivity index (χ1) is 11.2. The van der Waals surface area contributed by atoms with Gasteiger partial charge in [-0.05, 0) is 42.8 Å². The molecule has 0 spiro atoms. The highest BCUT2D eigenvalue weighted by Gasteiger charge is 2.48. The number of hydrogen-bond donors (Lipinski definition) is 2. The second-order valence-corrected chi connectivity index (χ2v) is 9.33. The Morgan fingerprint density at radius 1 is 1.36 bits per heavy atom. The highest BCUT2D eigenvalue weighted by Crippen LogP contribution is 2.36. The Bertz CT molecular complexity index is 639. The lowest BCUT2D eigenvalue weighted by atomic mass is 9.87. The normalized spacial score (nSPS) is 17.8. The number of hydrogen-bond acceptors (Lipinski definition) is 3. The lowest BCUT2D eigenvalue weighted by Gasteiger charge is -2.36. The second-order valence-electron chi connectivity index (χ2n) is 6.45. The summed E-state index contributed by atoms with van der Waals surface area (Å²) in [5.41, 5.74) is -2.95. The van der Waals surface area contributed by atoms with Gasteiger partial charge in [0, 0.05) is 22.7 Å². The van der Waals surface area contributed by atoms with E-state index in [1.807, 2.05) is 0 Å². The summed E-state index contributed by atoms with van der Waals surface area (Å²) < 4.78 is 80.2. The molecule has 0 aromatic carbocycles. The minimum atomic E-state index is -5.05. The molecule has 0 saturated heterocycles. The van der Waals surface area contributed by atoms with E-state index in [4.69, 9.17) is 0 Å². The fourth-order valence-electron chi connectivity index (χ4n) is 1.89. The van der Waals surface area contributed by atoms with Crippen LogP contribution in [0, 0.1) is 5.95 Å². The molecule has 0 amide bonds. The molecule has 0 aliphatic heterocycles. The number of pyridine rings is 1. The molecule has 3 atom stereocenters. The maximum atomic E-state index is 14.1. The van der Waals surface area contributed by atoms with Crippen LogP contribution in [0.2, 0.25) is 0 Å². The molecule has 4 nitrogen and oxygen atoms in total. The van der Waals surface area contributed by atoms with Crippen molar-refractivity contribution >= 4 is 26.9 Å². The van der Waals surface area contributed by atoms with E-state index in [0.29, 0.717) is 0 Å². The molecule has 0 fully saturated rings. The number of nitrogens with one attached hydrogen (secondary N) is 1. The van der Waals surface area contributed by atoms with Gasteiger partial charge in [0.1, 0.15) is 6.67 Å². The third-order valence-electron chi connectivity index (χ3n) is 3.31. The number of aliphatic hydroxyl groups excluding tert-OH is 1. The van der Waals surface area contributed by atoms with Gasteiger partial charge in [-0.25, -0.2) is 18.3 Å². The van der Waals surface area contributed by atoms with Gasteiger partial charge < -0.3 is 5.11 Å². The summed E-state index contributed by atoms with van der Waals surface area (Å²) in [6.45, 7) is 2.98. The third kappa shape index (κ3) is 5.66. The molecule has 0 saturated carbocycles. The van der Waals surface area contributed by atoms with Crippen LogP contribution in [0.4, 0.5) is 22.0 Å². The summed E-state index contributed by atoms with van der Waals surface area (Å²) in [4.78, 5) is 3.35. The largest absolute Gasteiger partial charge is 0.414 e. The Morgan fingerprint density at radius 3 is 2.36 bits per heavy atom. The zero-order valence-electron chi connectivity index (χ0n) is 13.6. The van der Waals surface area contributed by atoms with Crippen molar-refractivity contribution in [1.29, 1.82) is 0 Å². The van der Waals surface area contributed by atoms with E-state index in [2.05, 4.69) is 25.6 Å². The van der Waals surface area contributed by atoms with Crippen LogP contribution in [-0.2, 0) is 16.5 Å². The molecule has 1 aromatic heterocycles. The van der Waals surface area contributed by atoms with Crippen LogP contribution in [0.3, 0.4) is 0 Å². The molecule has 144 valence electrons. The average molecular weight is 453 g/mol. The van der Waals surface area contributed by atoms with Gasteiger partial charge in [0.25, 0.3) is 0 Å². The summed E-state index contributed by atoms with van der Waals surface area (Å²) >= 11 is 2.99. The fourth-order valence-corrected chi connectivity index (χ4v) is 3.14. The van der Waals surface area contributed by atoms with Gasteiger partial charge in [-0.1, -0.05) is 0 Å². The van der Waals surface area contributed by atoms with E-state index in [0.717, 1.165) is 12.3 Å². The fraction of sp³-hybridized carbons (Fsp3) is 0.643.